The molecule has 2 heterocycles. The van der Waals surface area contributed by atoms with Crippen molar-refractivity contribution in [3.05, 3.63) is 84.6 Å². The van der Waals surface area contributed by atoms with Crippen LogP contribution in [0.3, 0.4) is 0 Å². The SMILES string of the molecule is O=C(CCn1cncn1)NCC(c1ccccc1)c1c[nH]c2ccccc12. The fourth-order valence-electron chi connectivity index (χ4n) is 3.34. The molecule has 0 saturated heterocycles. The van der Waals surface area contributed by atoms with Crippen LogP contribution in [0.5, 0.6) is 0 Å². The lowest BCUT2D eigenvalue weighted by atomic mass is 9.91. The lowest BCUT2D eigenvalue weighted by Crippen LogP contribution is -2.29. The second kappa shape index (κ2) is 7.86. The molecule has 0 aliphatic rings. The first-order valence-corrected chi connectivity index (χ1v) is 9.01. The van der Waals surface area contributed by atoms with Crippen LogP contribution in [0.15, 0.2) is 73.4 Å². The standard InChI is InChI=1S/C21H21N5O/c27-21(10-11-26-15-22-14-25-26)24-12-18(16-6-2-1-3-7-16)19-13-23-20-9-5-4-8-17(19)20/h1-9,13-15,18,23H,10-12H2,(H,24,27). The Labute approximate surface area is 157 Å². The van der Waals surface area contributed by atoms with E-state index < -0.39 is 0 Å². The molecule has 2 N–H and O–H groups in total. The molecule has 1 atom stereocenters. The van der Waals surface area contributed by atoms with Crippen LogP contribution >= 0.6 is 0 Å². The van der Waals surface area contributed by atoms with Crippen LogP contribution in [0.2, 0.25) is 0 Å². The molecule has 4 rings (SSSR count). The molecule has 1 unspecified atom stereocenters. The summed E-state index contributed by atoms with van der Waals surface area (Å²) in [7, 11) is 0. The maximum Gasteiger partial charge on any atom is 0.221 e. The van der Waals surface area contributed by atoms with E-state index in [9.17, 15) is 4.79 Å². The van der Waals surface area contributed by atoms with Crippen molar-refractivity contribution in [1.82, 2.24) is 25.1 Å². The van der Waals surface area contributed by atoms with Crippen molar-refractivity contribution < 1.29 is 4.79 Å². The Morgan fingerprint density at radius 1 is 1.11 bits per heavy atom. The normalized spacial score (nSPS) is 12.1. The van der Waals surface area contributed by atoms with Gasteiger partial charge in [-0.1, -0.05) is 48.5 Å². The molecule has 1 amide bonds. The third kappa shape index (κ3) is 3.89. The van der Waals surface area contributed by atoms with Gasteiger partial charge in [-0.25, -0.2) is 4.98 Å². The van der Waals surface area contributed by atoms with E-state index in [-0.39, 0.29) is 11.8 Å². The second-order valence-corrected chi connectivity index (χ2v) is 6.47. The molecule has 0 spiro atoms. The first-order chi connectivity index (χ1) is 13.3. The summed E-state index contributed by atoms with van der Waals surface area (Å²) < 4.78 is 1.66. The summed E-state index contributed by atoms with van der Waals surface area (Å²) in [6.45, 7) is 1.07. The zero-order valence-corrected chi connectivity index (χ0v) is 14.9. The number of aromatic nitrogens is 4. The first kappa shape index (κ1) is 17.0. The molecule has 136 valence electrons. The number of hydrogen-bond donors (Lipinski definition) is 2. The maximum atomic E-state index is 12.3. The Bertz CT molecular complexity index is 1010. The number of nitrogens with one attached hydrogen (secondary N) is 2. The molecule has 0 saturated carbocycles. The van der Waals surface area contributed by atoms with E-state index in [0.717, 1.165) is 5.52 Å². The molecule has 0 radical (unpaired) electrons. The topological polar surface area (TPSA) is 75.6 Å². The number of aromatic amines is 1. The third-order valence-corrected chi connectivity index (χ3v) is 4.74. The fourth-order valence-corrected chi connectivity index (χ4v) is 3.34. The van der Waals surface area contributed by atoms with E-state index in [4.69, 9.17) is 0 Å². The van der Waals surface area contributed by atoms with Crippen molar-refractivity contribution in [1.29, 1.82) is 0 Å². The van der Waals surface area contributed by atoms with Crippen molar-refractivity contribution in [3.63, 3.8) is 0 Å². The molecular weight excluding hydrogens is 338 g/mol. The van der Waals surface area contributed by atoms with E-state index in [1.807, 2.05) is 36.5 Å². The number of carbonyl (C=O) groups is 1. The van der Waals surface area contributed by atoms with Gasteiger partial charge in [-0.05, 0) is 17.2 Å². The van der Waals surface area contributed by atoms with Crippen LogP contribution in [-0.2, 0) is 11.3 Å². The molecule has 0 aliphatic carbocycles. The molecule has 0 aliphatic heterocycles. The minimum atomic E-state index is 0.00581. The number of para-hydroxylation sites is 1. The van der Waals surface area contributed by atoms with E-state index in [1.165, 1.54) is 22.8 Å². The predicted octanol–water partition coefficient (Wildman–Crippen LogP) is 3.10. The van der Waals surface area contributed by atoms with Crippen LogP contribution in [0.4, 0.5) is 0 Å². The number of hydrogen-bond acceptors (Lipinski definition) is 3. The van der Waals surface area contributed by atoms with Gasteiger partial charge in [-0.15, -0.1) is 0 Å². The van der Waals surface area contributed by atoms with Crippen LogP contribution in [0, 0.1) is 0 Å². The predicted molar refractivity (Wildman–Crippen MR) is 104 cm³/mol. The Morgan fingerprint density at radius 3 is 2.74 bits per heavy atom. The van der Waals surface area contributed by atoms with Gasteiger partial charge in [-0.2, -0.15) is 5.10 Å². The lowest BCUT2D eigenvalue weighted by Gasteiger charge is -2.18. The minimum Gasteiger partial charge on any atom is -0.361 e. The lowest BCUT2D eigenvalue weighted by molar-refractivity contribution is -0.121. The summed E-state index contributed by atoms with van der Waals surface area (Å²) in [6, 6.07) is 18.5. The summed E-state index contributed by atoms with van der Waals surface area (Å²) in [5.41, 5.74) is 3.47. The van der Waals surface area contributed by atoms with Crippen LogP contribution in [0.25, 0.3) is 10.9 Å². The molecule has 4 aromatic rings. The molecule has 6 nitrogen and oxygen atoms in total. The van der Waals surface area contributed by atoms with E-state index in [1.54, 1.807) is 11.0 Å². The Balaban J connectivity index is 1.51. The molecule has 2 aromatic heterocycles. The van der Waals surface area contributed by atoms with Gasteiger partial charge >= 0.3 is 0 Å². The van der Waals surface area contributed by atoms with Crippen molar-refractivity contribution >= 4 is 16.8 Å². The summed E-state index contributed by atoms with van der Waals surface area (Å²) in [4.78, 5) is 19.6. The monoisotopic (exact) mass is 359 g/mol. The maximum absolute atomic E-state index is 12.3. The van der Waals surface area contributed by atoms with E-state index >= 15 is 0 Å². The Kier molecular flexibility index (Phi) is 4.96. The summed E-state index contributed by atoms with van der Waals surface area (Å²) in [6.07, 6.45) is 5.51. The molecule has 6 heteroatoms. The molecule has 27 heavy (non-hydrogen) atoms. The van der Waals surface area contributed by atoms with Gasteiger partial charge in [0.25, 0.3) is 0 Å². The van der Waals surface area contributed by atoms with E-state index in [2.05, 4.69) is 44.6 Å². The Hall–Kier alpha value is -3.41. The van der Waals surface area contributed by atoms with Gasteiger partial charge in [0.05, 0.1) is 6.54 Å². The fraction of sp³-hybridized carbons (Fsp3) is 0.190. The quantitative estimate of drug-likeness (QED) is 0.532. The molecule has 0 fully saturated rings. The van der Waals surface area contributed by atoms with Crippen LogP contribution < -0.4 is 5.32 Å². The summed E-state index contributed by atoms with van der Waals surface area (Å²) in [5, 5.41) is 8.29. The average Bonchev–Trinajstić information content (AvgIpc) is 3.38. The minimum absolute atomic E-state index is 0.00581. The molecular formula is C21H21N5O. The van der Waals surface area contributed by atoms with Gasteiger partial charge < -0.3 is 10.3 Å². The van der Waals surface area contributed by atoms with Gasteiger partial charge in [-0.3, -0.25) is 9.48 Å². The number of fused-ring (bicyclic) bond motifs is 1. The van der Waals surface area contributed by atoms with Gasteiger partial charge in [0.2, 0.25) is 5.91 Å². The third-order valence-electron chi connectivity index (χ3n) is 4.74. The first-order valence-electron chi connectivity index (χ1n) is 9.01. The molecule has 2 aromatic carbocycles. The number of aryl methyl sites for hydroxylation is 1. The van der Waals surface area contributed by atoms with E-state index in [0.29, 0.717) is 19.5 Å². The van der Waals surface area contributed by atoms with Crippen LogP contribution in [0.1, 0.15) is 23.5 Å². The zero-order valence-electron chi connectivity index (χ0n) is 14.9. The number of benzene rings is 2. The largest absolute Gasteiger partial charge is 0.361 e. The smallest absolute Gasteiger partial charge is 0.221 e. The van der Waals surface area contributed by atoms with Crippen molar-refractivity contribution in [2.45, 2.75) is 18.9 Å². The zero-order chi connectivity index (χ0) is 18.5. The number of amides is 1. The van der Waals surface area contributed by atoms with Crippen molar-refractivity contribution in [3.8, 4) is 0 Å². The van der Waals surface area contributed by atoms with Crippen molar-refractivity contribution in [2.75, 3.05) is 6.54 Å². The van der Waals surface area contributed by atoms with Crippen molar-refractivity contribution in [2.24, 2.45) is 0 Å². The number of rotatable bonds is 7. The average molecular weight is 359 g/mol. The highest BCUT2D eigenvalue weighted by Crippen LogP contribution is 2.30. The second-order valence-electron chi connectivity index (χ2n) is 6.47. The van der Waals surface area contributed by atoms with Gasteiger partial charge in [0.1, 0.15) is 12.7 Å². The summed E-state index contributed by atoms with van der Waals surface area (Å²) in [5.74, 6) is 0.0870. The van der Waals surface area contributed by atoms with Gasteiger partial charge in [0.15, 0.2) is 0 Å². The molecule has 0 bridgehead atoms. The Morgan fingerprint density at radius 2 is 1.93 bits per heavy atom. The number of H-pyrrole nitrogens is 1. The highest BCUT2D eigenvalue weighted by molar-refractivity contribution is 5.84. The number of nitrogens with zero attached hydrogens (tertiary/aromatic N) is 3. The summed E-state index contributed by atoms with van der Waals surface area (Å²) >= 11 is 0. The van der Waals surface area contributed by atoms with Crippen LogP contribution in [-0.4, -0.2) is 32.2 Å². The highest BCUT2D eigenvalue weighted by Gasteiger charge is 2.18. The number of carbonyl (C=O) groups excluding carboxylic acids is 1. The highest BCUT2D eigenvalue weighted by atomic mass is 16.1. The van der Waals surface area contributed by atoms with Gasteiger partial charge in [0, 0.05) is 36.0 Å².